The molecule has 4 nitrogen and oxygen atoms in total. The quantitative estimate of drug-likeness (QED) is 0.613. The van der Waals surface area contributed by atoms with Crippen LogP contribution < -0.4 is 4.74 Å². The van der Waals surface area contributed by atoms with Crippen LogP contribution in [0.2, 0.25) is 0 Å². The molecule has 0 aliphatic carbocycles. The SMILES string of the molecule is CCOC(=O)C(CC)C(=O)C1CCOc2ccccc21. The first-order chi connectivity index (χ1) is 9.69. The molecule has 1 aliphatic rings. The molecule has 0 saturated carbocycles. The van der Waals surface area contributed by atoms with Gasteiger partial charge in [0.05, 0.1) is 19.1 Å². The highest BCUT2D eigenvalue weighted by Gasteiger charge is 2.35. The smallest absolute Gasteiger partial charge is 0.316 e. The lowest BCUT2D eigenvalue weighted by atomic mass is 9.82. The van der Waals surface area contributed by atoms with Crippen LogP contribution >= 0.6 is 0 Å². The minimum Gasteiger partial charge on any atom is -0.493 e. The molecule has 0 bridgehead atoms. The summed E-state index contributed by atoms with van der Waals surface area (Å²) in [6, 6.07) is 7.53. The molecule has 4 heteroatoms. The van der Waals surface area contributed by atoms with Crippen molar-refractivity contribution in [1.29, 1.82) is 0 Å². The molecule has 0 spiro atoms. The van der Waals surface area contributed by atoms with Crippen LogP contribution in [0.1, 0.15) is 38.2 Å². The Balaban J connectivity index is 2.23. The number of hydrogen-bond acceptors (Lipinski definition) is 4. The fourth-order valence-electron chi connectivity index (χ4n) is 2.61. The van der Waals surface area contributed by atoms with E-state index in [0.717, 1.165) is 11.3 Å². The lowest BCUT2D eigenvalue weighted by molar-refractivity contribution is -0.152. The molecule has 0 aromatic heterocycles. The van der Waals surface area contributed by atoms with Crippen LogP contribution in [0.3, 0.4) is 0 Å². The van der Waals surface area contributed by atoms with E-state index in [1.54, 1.807) is 6.92 Å². The van der Waals surface area contributed by atoms with Gasteiger partial charge in [-0.15, -0.1) is 0 Å². The Bertz CT molecular complexity index is 495. The van der Waals surface area contributed by atoms with Gasteiger partial charge in [0, 0.05) is 5.56 Å². The largest absolute Gasteiger partial charge is 0.493 e. The van der Waals surface area contributed by atoms with Gasteiger partial charge in [0.1, 0.15) is 11.7 Å². The number of Topliss-reactive ketones (excluding diaryl/α,β-unsaturated/α-hetero) is 1. The van der Waals surface area contributed by atoms with E-state index in [0.29, 0.717) is 26.1 Å². The zero-order valence-corrected chi connectivity index (χ0v) is 11.9. The second-order valence-corrected chi connectivity index (χ2v) is 4.84. The van der Waals surface area contributed by atoms with Gasteiger partial charge in [0.25, 0.3) is 0 Å². The number of carbonyl (C=O) groups is 2. The number of carbonyl (C=O) groups excluding carboxylic acids is 2. The molecule has 108 valence electrons. The first-order valence-electron chi connectivity index (χ1n) is 7.11. The van der Waals surface area contributed by atoms with Gasteiger partial charge in [-0.2, -0.15) is 0 Å². The van der Waals surface area contributed by atoms with Crippen molar-refractivity contribution >= 4 is 11.8 Å². The lowest BCUT2D eigenvalue weighted by Gasteiger charge is -2.27. The van der Waals surface area contributed by atoms with Crippen LogP contribution in [-0.4, -0.2) is 25.0 Å². The van der Waals surface area contributed by atoms with Crippen molar-refractivity contribution in [3.8, 4) is 5.75 Å². The predicted octanol–water partition coefficient (Wildman–Crippen LogP) is 2.71. The van der Waals surface area contributed by atoms with Gasteiger partial charge in [-0.05, 0) is 25.8 Å². The highest BCUT2D eigenvalue weighted by atomic mass is 16.5. The summed E-state index contributed by atoms with van der Waals surface area (Å²) in [6.07, 6.45) is 1.09. The number of ketones is 1. The van der Waals surface area contributed by atoms with Crippen LogP contribution in [0.25, 0.3) is 0 Å². The van der Waals surface area contributed by atoms with E-state index in [2.05, 4.69) is 0 Å². The molecule has 0 fully saturated rings. The zero-order chi connectivity index (χ0) is 14.5. The molecule has 1 aromatic rings. The topological polar surface area (TPSA) is 52.6 Å². The summed E-state index contributed by atoms with van der Waals surface area (Å²) in [6.45, 7) is 4.39. The Morgan fingerprint density at radius 2 is 2.10 bits per heavy atom. The monoisotopic (exact) mass is 276 g/mol. The Morgan fingerprint density at radius 1 is 1.35 bits per heavy atom. The molecule has 0 N–H and O–H groups in total. The molecule has 0 amide bonds. The molecular weight excluding hydrogens is 256 g/mol. The van der Waals surface area contributed by atoms with Gasteiger partial charge >= 0.3 is 5.97 Å². The van der Waals surface area contributed by atoms with E-state index in [4.69, 9.17) is 9.47 Å². The summed E-state index contributed by atoms with van der Waals surface area (Å²) in [4.78, 5) is 24.5. The summed E-state index contributed by atoms with van der Waals surface area (Å²) in [7, 11) is 0. The molecule has 0 radical (unpaired) electrons. The van der Waals surface area contributed by atoms with Gasteiger partial charge < -0.3 is 9.47 Å². The summed E-state index contributed by atoms with van der Waals surface area (Å²) in [5, 5.41) is 0. The van der Waals surface area contributed by atoms with Crippen LogP contribution in [0.15, 0.2) is 24.3 Å². The number of hydrogen-bond donors (Lipinski definition) is 0. The predicted molar refractivity (Wildman–Crippen MR) is 74.7 cm³/mol. The summed E-state index contributed by atoms with van der Waals surface area (Å²) in [5.41, 5.74) is 0.881. The lowest BCUT2D eigenvalue weighted by Crippen LogP contribution is -2.32. The third-order valence-corrected chi connectivity index (χ3v) is 3.62. The van der Waals surface area contributed by atoms with Gasteiger partial charge in [0.2, 0.25) is 0 Å². The molecule has 20 heavy (non-hydrogen) atoms. The molecule has 2 rings (SSSR count). The average Bonchev–Trinajstić information content (AvgIpc) is 2.47. The van der Waals surface area contributed by atoms with E-state index < -0.39 is 11.9 Å². The van der Waals surface area contributed by atoms with E-state index in [-0.39, 0.29) is 11.7 Å². The Labute approximate surface area is 119 Å². The summed E-state index contributed by atoms with van der Waals surface area (Å²) in [5.74, 6) is -0.665. The number of para-hydroxylation sites is 1. The van der Waals surface area contributed by atoms with E-state index >= 15 is 0 Å². The highest BCUT2D eigenvalue weighted by Crippen LogP contribution is 2.36. The third kappa shape index (κ3) is 2.84. The second-order valence-electron chi connectivity index (χ2n) is 4.84. The Hall–Kier alpha value is -1.84. The fourth-order valence-corrected chi connectivity index (χ4v) is 2.61. The van der Waals surface area contributed by atoms with Crippen molar-refractivity contribution < 1.29 is 19.1 Å². The van der Waals surface area contributed by atoms with Crippen LogP contribution in [0.5, 0.6) is 5.75 Å². The Kier molecular flexibility index (Phi) is 4.77. The Morgan fingerprint density at radius 3 is 2.80 bits per heavy atom. The minimum absolute atomic E-state index is 0.0540. The number of fused-ring (bicyclic) bond motifs is 1. The van der Waals surface area contributed by atoms with Crippen molar-refractivity contribution in [2.75, 3.05) is 13.2 Å². The van der Waals surface area contributed by atoms with Crippen molar-refractivity contribution in [2.24, 2.45) is 5.92 Å². The van der Waals surface area contributed by atoms with Crippen LogP contribution in [0, 0.1) is 5.92 Å². The average molecular weight is 276 g/mol. The number of ether oxygens (including phenoxy) is 2. The first kappa shape index (κ1) is 14.6. The minimum atomic E-state index is -0.675. The van der Waals surface area contributed by atoms with Gasteiger partial charge in [-0.25, -0.2) is 0 Å². The molecular formula is C16H20O4. The first-order valence-corrected chi connectivity index (χ1v) is 7.11. The van der Waals surface area contributed by atoms with E-state index in [1.807, 2.05) is 31.2 Å². The number of esters is 1. The summed E-state index contributed by atoms with van der Waals surface area (Å²) >= 11 is 0. The molecule has 1 aromatic carbocycles. The van der Waals surface area contributed by atoms with Gasteiger partial charge in [-0.3, -0.25) is 9.59 Å². The van der Waals surface area contributed by atoms with Gasteiger partial charge in [0.15, 0.2) is 5.78 Å². The maximum absolute atomic E-state index is 12.7. The third-order valence-electron chi connectivity index (χ3n) is 3.62. The molecule has 1 aliphatic heterocycles. The van der Waals surface area contributed by atoms with E-state index in [1.165, 1.54) is 0 Å². The maximum Gasteiger partial charge on any atom is 0.316 e. The number of benzene rings is 1. The van der Waals surface area contributed by atoms with Crippen molar-refractivity contribution in [2.45, 2.75) is 32.6 Å². The number of rotatable bonds is 5. The molecule has 2 atom stereocenters. The van der Waals surface area contributed by atoms with Crippen molar-refractivity contribution in [3.05, 3.63) is 29.8 Å². The maximum atomic E-state index is 12.7. The highest BCUT2D eigenvalue weighted by molar-refractivity contribution is 6.02. The second kappa shape index (κ2) is 6.55. The molecule has 1 heterocycles. The van der Waals surface area contributed by atoms with Crippen molar-refractivity contribution in [1.82, 2.24) is 0 Å². The molecule has 0 saturated heterocycles. The van der Waals surface area contributed by atoms with Crippen LogP contribution in [-0.2, 0) is 14.3 Å². The van der Waals surface area contributed by atoms with Crippen LogP contribution in [0.4, 0.5) is 0 Å². The summed E-state index contributed by atoms with van der Waals surface area (Å²) < 4.78 is 10.6. The van der Waals surface area contributed by atoms with Crippen molar-refractivity contribution in [3.63, 3.8) is 0 Å². The zero-order valence-electron chi connectivity index (χ0n) is 11.9. The standard InChI is InChI=1S/C16H20O4/c1-3-11(16(18)19-4-2)15(17)13-9-10-20-14-8-6-5-7-12(13)14/h5-8,11,13H,3-4,9-10H2,1-2H3. The van der Waals surface area contributed by atoms with Gasteiger partial charge in [-0.1, -0.05) is 25.1 Å². The van der Waals surface area contributed by atoms with E-state index in [9.17, 15) is 9.59 Å². The fraction of sp³-hybridized carbons (Fsp3) is 0.500. The normalized spacial score (nSPS) is 18.6. The molecule has 2 unspecified atom stereocenters.